The fourth-order valence-corrected chi connectivity index (χ4v) is 0.931. The lowest BCUT2D eigenvalue weighted by molar-refractivity contribution is 0.187. The van der Waals surface area contributed by atoms with Crippen LogP contribution in [0.3, 0.4) is 0 Å². The highest BCUT2D eigenvalue weighted by Crippen LogP contribution is 2.03. The highest BCUT2D eigenvalue weighted by molar-refractivity contribution is 5.88. The number of aromatic nitrogens is 1. The van der Waals surface area contributed by atoms with Gasteiger partial charge in [0.25, 0.3) is 0 Å². The molecule has 0 aliphatic carbocycles. The van der Waals surface area contributed by atoms with E-state index in [0.29, 0.717) is 5.82 Å². The van der Waals surface area contributed by atoms with Crippen LogP contribution in [0.5, 0.6) is 0 Å². The third-order valence-electron chi connectivity index (χ3n) is 1.75. The fraction of sp³-hybridized carbons (Fsp3) is 0.400. The molecule has 0 saturated carbocycles. The monoisotopic (exact) mass is 209 g/mol. The van der Waals surface area contributed by atoms with E-state index in [1.165, 1.54) is 0 Å². The van der Waals surface area contributed by atoms with Crippen LogP contribution in [0, 0.1) is 0 Å². The molecular weight excluding hydrogens is 194 g/mol. The van der Waals surface area contributed by atoms with E-state index >= 15 is 0 Å². The van der Waals surface area contributed by atoms with Gasteiger partial charge in [0.15, 0.2) is 0 Å². The van der Waals surface area contributed by atoms with Crippen LogP contribution in [0.15, 0.2) is 24.4 Å². The number of rotatable bonds is 3. The maximum Gasteiger partial charge on any atom is 0.320 e. The Hall–Kier alpha value is -1.62. The summed E-state index contributed by atoms with van der Waals surface area (Å²) in [6.45, 7) is 3.33. The maximum absolute atomic E-state index is 11.4. The highest BCUT2D eigenvalue weighted by atomic mass is 16.3. The zero-order chi connectivity index (χ0) is 11.3. The number of carbonyl (C=O) groups excluding carboxylic acids is 1. The lowest BCUT2D eigenvalue weighted by Gasteiger charge is -2.23. The fourth-order valence-electron chi connectivity index (χ4n) is 0.931. The van der Waals surface area contributed by atoms with Crippen LogP contribution >= 0.6 is 0 Å². The highest BCUT2D eigenvalue weighted by Gasteiger charge is 2.18. The van der Waals surface area contributed by atoms with Crippen molar-refractivity contribution in [3.63, 3.8) is 0 Å². The molecule has 5 heteroatoms. The molecule has 1 aromatic heterocycles. The maximum atomic E-state index is 11.4. The summed E-state index contributed by atoms with van der Waals surface area (Å²) in [5.41, 5.74) is -0.640. The SMILES string of the molecule is CC(C)(CO)NC(=O)Nc1ccccn1. The van der Waals surface area contributed by atoms with Gasteiger partial charge in [0.2, 0.25) is 0 Å². The van der Waals surface area contributed by atoms with E-state index in [9.17, 15) is 4.79 Å². The first-order valence-corrected chi connectivity index (χ1v) is 4.64. The molecular formula is C10H15N3O2. The molecule has 0 bridgehead atoms. The zero-order valence-corrected chi connectivity index (χ0v) is 8.82. The first-order chi connectivity index (χ1) is 7.03. The van der Waals surface area contributed by atoms with Crippen molar-refractivity contribution in [1.82, 2.24) is 10.3 Å². The van der Waals surface area contributed by atoms with Crippen molar-refractivity contribution in [3.8, 4) is 0 Å². The largest absolute Gasteiger partial charge is 0.394 e. The molecule has 1 aromatic rings. The number of aliphatic hydroxyl groups excluding tert-OH is 1. The van der Waals surface area contributed by atoms with Crippen molar-refractivity contribution < 1.29 is 9.90 Å². The molecule has 1 rings (SSSR count). The van der Waals surface area contributed by atoms with Gasteiger partial charge in [0, 0.05) is 6.20 Å². The number of carbonyl (C=O) groups is 1. The number of nitrogens with one attached hydrogen (secondary N) is 2. The predicted molar refractivity (Wildman–Crippen MR) is 57.6 cm³/mol. The number of hydrogen-bond donors (Lipinski definition) is 3. The lowest BCUT2D eigenvalue weighted by atomic mass is 10.1. The van der Waals surface area contributed by atoms with Gasteiger partial charge in [-0.25, -0.2) is 9.78 Å². The van der Waals surface area contributed by atoms with Gasteiger partial charge in [-0.2, -0.15) is 0 Å². The molecule has 0 aliphatic rings. The number of anilines is 1. The smallest absolute Gasteiger partial charge is 0.320 e. The molecule has 2 amide bonds. The second kappa shape index (κ2) is 4.75. The molecule has 1 heterocycles. The van der Waals surface area contributed by atoms with Gasteiger partial charge in [-0.3, -0.25) is 5.32 Å². The molecule has 82 valence electrons. The third-order valence-corrected chi connectivity index (χ3v) is 1.75. The van der Waals surface area contributed by atoms with Crippen LogP contribution in [0.2, 0.25) is 0 Å². The molecule has 0 aromatic carbocycles. The van der Waals surface area contributed by atoms with Crippen molar-refractivity contribution in [3.05, 3.63) is 24.4 Å². The quantitative estimate of drug-likeness (QED) is 0.694. The molecule has 0 spiro atoms. The number of urea groups is 1. The van der Waals surface area contributed by atoms with Crippen molar-refractivity contribution in [2.24, 2.45) is 0 Å². The Kier molecular flexibility index (Phi) is 3.62. The number of amides is 2. The minimum absolute atomic E-state index is 0.122. The summed E-state index contributed by atoms with van der Waals surface area (Å²) in [5, 5.41) is 14.1. The van der Waals surface area contributed by atoms with Crippen molar-refractivity contribution >= 4 is 11.8 Å². The summed E-state index contributed by atoms with van der Waals surface area (Å²) in [6, 6.07) is 4.85. The molecule has 0 aliphatic heterocycles. The molecule has 0 atom stereocenters. The summed E-state index contributed by atoms with van der Waals surface area (Å²) in [7, 11) is 0. The minimum Gasteiger partial charge on any atom is -0.394 e. The summed E-state index contributed by atoms with van der Waals surface area (Å²) in [5.74, 6) is 0.476. The molecule has 0 radical (unpaired) electrons. The average Bonchev–Trinajstić information content (AvgIpc) is 2.18. The molecule has 5 nitrogen and oxygen atoms in total. The second-order valence-electron chi connectivity index (χ2n) is 3.84. The Morgan fingerprint density at radius 2 is 2.27 bits per heavy atom. The number of hydrogen-bond acceptors (Lipinski definition) is 3. The topological polar surface area (TPSA) is 74.2 Å². The van der Waals surface area contributed by atoms with Gasteiger partial charge in [0.05, 0.1) is 12.1 Å². The van der Waals surface area contributed by atoms with E-state index in [-0.39, 0.29) is 12.6 Å². The summed E-state index contributed by atoms with van der Waals surface area (Å²) in [6.07, 6.45) is 1.59. The van der Waals surface area contributed by atoms with Crippen molar-refractivity contribution in [2.75, 3.05) is 11.9 Å². The minimum atomic E-state index is -0.640. The van der Waals surface area contributed by atoms with Gasteiger partial charge in [0.1, 0.15) is 5.82 Å². The van der Waals surface area contributed by atoms with E-state index in [0.717, 1.165) is 0 Å². The standard InChI is InChI=1S/C10H15N3O2/c1-10(2,7-14)13-9(15)12-8-5-3-4-6-11-8/h3-6,14H,7H2,1-2H3,(H2,11,12,13,15). The summed E-state index contributed by atoms with van der Waals surface area (Å²) < 4.78 is 0. The van der Waals surface area contributed by atoms with Crippen LogP contribution in [0.25, 0.3) is 0 Å². The Labute approximate surface area is 88.5 Å². The molecule has 3 N–H and O–H groups in total. The van der Waals surface area contributed by atoms with E-state index in [4.69, 9.17) is 5.11 Å². The van der Waals surface area contributed by atoms with Gasteiger partial charge >= 0.3 is 6.03 Å². The first-order valence-electron chi connectivity index (χ1n) is 4.64. The van der Waals surface area contributed by atoms with Gasteiger partial charge < -0.3 is 10.4 Å². The average molecular weight is 209 g/mol. The van der Waals surface area contributed by atoms with Crippen LogP contribution in [-0.2, 0) is 0 Å². The Morgan fingerprint density at radius 3 is 2.80 bits per heavy atom. The Bertz CT molecular complexity index is 325. The van der Waals surface area contributed by atoms with Gasteiger partial charge in [-0.15, -0.1) is 0 Å². The van der Waals surface area contributed by atoms with Crippen molar-refractivity contribution in [2.45, 2.75) is 19.4 Å². The summed E-state index contributed by atoms with van der Waals surface area (Å²) >= 11 is 0. The van der Waals surface area contributed by atoms with E-state index < -0.39 is 5.54 Å². The van der Waals surface area contributed by atoms with Gasteiger partial charge in [-0.05, 0) is 26.0 Å². The zero-order valence-electron chi connectivity index (χ0n) is 8.82. The molecule has 0 fully saturated rings. The van der Waals surface area contributed by atoms with Gasteiger partial charge in [-0.1, -0.05) is 6.07 Å². The summed E-state index contributed by atoms with van der Waals surface area (Å²) in [4.78, 5) is 15.4. The van der Waals surface area contributed by atoms with Crippen LogP contribution in [0.1, 0.15) is 13.8 Å². The van der Waals surface area contributed by atoms with Crippen LogP contribution in [0.4, 0.5) is 10.6 Å². The molecule has 15 heavy (non-hydrogen) atoms. The normalized spacial score (nSPS) is 10.9. The van der Waals surface area contributed by atoms with Crippen LogP contribution in [-0.4, -0.2) is 28.3 Å². The Morgan fingerprint density at radius 1 is 1.53 bits per heavy atom. The van der Waals surface area contributed by atoms with E-state index in [1.54, 1.807) is 38.2 Å². The van der Waals surface area contributed by atoms with Crippen LogP contribution < -0.4 is 10.6 Å². The molecule has 0 saturated heterocycles. The van der Waals surface area contributed by atoms with E-state index in [1.807, 2.05) is 0 Å². The molecule has 0 unspecified atom stereocenters. The number of pyridine rings is 1. The Balaban J connectivity index is 2.51. The predicted octanol–water partition coefficient (Wildman–Crippen LogP) is 0.974. The van der Waals surface area contributed by atoms with Crippen molar-refractivity contribution in [1.29, 1.82) is 0 Å². The first kappa shape index (κ1) is 11.5. The number of aliphatic hydroxyl groups is 1. The second-order valence-corrected chi connectivity index (χ2v) is 3.84. The van der Waals surface area contributed by atoms with E-state index in [2.05, 4.69) is 15.6 Å². The third kappa shape index (κ3) is 3.95. The lowest BCUT2D eigenvalue weighted by Crippen LogP contribution is -2.48. The number of nitrogens with zero attached hydrogens (tertiary/aromatic N) is 1.